The number of carbonyl (C=O) groups is 1. The topological polar surface area (TPSA) is 51.9 Å². The molecule has 20 heavy (non-hydrogen) atoms. The Morgan fingerprint density at radius 2 is 2.05 bits per heavy atom. The second-order valence-electron chi connectivity index (χ2n) is 4.59. The van der Waals surface area contributed by atoms with E-state index in [1.54, 1.807) is 19.2 Å². The number of ether oxygens (including phenoxy) is 1. The van der Waals surface area contributed by atoms with Crippen molar-refractivity contribution >= 4 is 32.8 Å². The number of furan rings is 1. The molecular formula is C14H16BrNO4. The summed E-state index contributed by atoms with van der Waals surface area (Å²) in [5, 5.41) is 1.97. The molecule has 0 aliphatic rings. The highest BCUT2D eigenvalue weighted by atomic mass is 79.9. The molecule has 0 saturated heterocycles. The van der Waals surface area contributed by atoms with Crippen LogP contribution in [-0.2, 0) is 4.84 Å². The second kappa shape index (κ2) is 5.85. The van der Waals surface area contributed by atoms with E-state index in [-0.39, 0.29) is 12.0 Å². The van der Waals surface area contributed by atoms with Gasteiger partial charge in [-0.3, -0.25) is 9.63 Å². The van der Waals surface area contributed by atoms with Crippen LogP contribution in [0.2, 0.25) is 0 Å². The van der Waals surface area contributed by atoms with Gasteiger partial charge in [-0.25, -0.2) is 5.06 Å². The zero-order valence-electron chi connectivity index (χ0n) is 11.8. The molecule has 0 bridgehead atoms. The summed E-state index contributed by atoms with van der Waals surface area (Å²) >= 11 is 3.29. The summed E-state index contributed by atoms with van der Waals surface area (Å²) < 4.78 is 11.9. The van der Waals surface area contributed by atoms with Crippen molar-refractivity contribution in [3.63, 3.8) is 0 Å². The number of carbonyl (C=O) groups excluding carboxylic acids is 1. The van der Waals surface area contributed by atoms with E-state index in [4.69, 9.17) is 14.0 Å². The van der Waals surface area contributed by atoms with Crippen LogP contribution >= 0.6 is 15.9 Å². The predicted molar refractivity (Wildman–Crippen MR) is 78.8 cm³/mol. The molecule has 0 aliphatic heterocycles. The number of hydrogen-bond acceptors (Lipinski definition) is 4. The number of halogens is 1. The molecule has 0 saturated carbocycles. The van der Waals surface area contributed by atoms with Crippen LogP contribution in [0.4, 0.5) is 0 Å². The Morgan fingerprint density at radius 3 is 2.65 bits per heavy atom. The fraction of sp³-hybridized carbons (Fsp3) is 0.357. The van der Waals surface area contributed by atoms with Crippen LogP contribution in [0.3, 0.4) is 0 Å². The van der Waals surface area contributed by atoms with Crippen molar-refractivity contribution in [1.29, 1.82) is 0 Å². The minimum atomic E-state index is -0.268. The Hall–Kier alpha value is -1.53. The van der Waals surface area contributed by atoms with Crippen molar-refractivity contribution in [1.82, 2.24) is 5.06 Å². The lowest BCUT2D eigenvalue weighted by Gasteiger charge is -2.15. The smallest absolute Gasteiger partial charge is 0.277 e. The first-order valence-corrected chi connectivity index (χ1v) is 6.93. The Bertz CT molecular complexity index is 635. The normalized spacial score (nSPS) is 11.1. The first kappa shape index (κ1) is 14.9. The van der Waals surface area contributed by atoms with Gasteiger partial charge in [-0.05, 0) is 41.9 Å². The highest BCUT2D eigenvalue weighted by molar-refractivity contribution is 9.10. The van der Waals surface area contributed by atoms with Gasteiger partial charge in [-0.2, -0.15) is 0 Å². The summed E-state index contributed by atoms with van der Waals surface area (Å²) in [7, 11) is 2.99. The van der Waals surface area contributed by atoms with Gasteiger partial charge in [0.15, 0.2) is 4.67 Å². The maximum Gasteiger partial charge on any atom is 0.277 e. The quantitative estimate of drug-likeness (QED) is 0.797. The Kier molecular flexibility index (Phi) is 4.35. The maximum atomic E-state index is 12.2. The van der Waals surface area contributed by atoms with Gasteiger partial charge in [0.05, 0.1) is 18.6 Å². The molecule has 0 spiro atoms. The van der Waals surface area contributed by atoms with E-state index in [9.17, 15) is 4.79 Å². The number of hydroxylamine groups is 2. The van der Waals surface area contributed by atoms with Crippen LogP contribution in [0.25, 0.3) is 11.0 Å². The molecule has 0 N–H and O–H groups in total. The van der Waals surface area contributed by atoms with E-state index in [1.165, 1.54) is 7.11 Å². The molecule has 0 unspecified atom stereocenters. The van der Waals surface area contributed by atoms with Crippen molar-refractivity contribution in [2.75, 3.05) is 14.2 Å². The first-order valence-electron chi connectivity index (χ1n) is 6.14. The minimum Gasteiger partial charge on any atom is -0.490 e. The lowest BCUT2D eigenvalue weighted by Crippen LogP contribution is -2.25. The average Bonchev–Trinajstić information content (AvgIpc) is 2.76. The number of hydrogen-bond donors (Lipinski definition) is 0. The Balaban J connectivity index is 2.54. The molecule has 0 fully saturated rings. The highest BCUT2D eigenvalue weighted by Gasteiger charge is 2.18. The van der Waals surface area contributed by atoms with E-state index in [2.05, 4.69) is 15.9 Å². The monoisotopic (exact) mass is 341 g/mol. The summed E-state index contributed by atoms with van der Waals surface area (Å²) in [6.07, 6.45) is -0.00242. The van der Waals surface area contributed by atoms with Gasteiger partial charge in [0.25, 0.3) is 5.91 Å². The van der Waals surface area contributed by atoms with Crippen LogP contribution in [-0.4, -0.2) is 31.2 Å². The van der Waals surface area contributed by atoms with Gasteiger partial charge in [0.2, 0.25) is 0 Å². The van der Waals surface area contributed by atoms with E-state index in [0.717, 1.165) is 10.4 Å². The molecule has 1 heterocycles. The molecular weight excluding hydrogens is 326 g/mol. The van der Waals surface area contributed by atoms with E-state index in [0.29, 0.717) is 21.6 Å². The van der Waals surface area contributed by atoms with Crippen LogP contribution in [0.5, 0.6) is 5.75 Å². The van der Waals surface area contributed by atoms with Gasteiger partial charge in [-0.15, -0.1) is 0 Å². The molecule has 5 nitrogen and oxygen atoms in total. The summed E-state index contributed by atoms with van der Waals surface area (Å²) in [5.74, 6) is 0.343. The summed E-state index contributed by atoms with van der Waals surface area (Å²) in [4.78, 5) is 17.1. The molecule has 2 aromatic rings. The van der Waals surface area contributed by atoms with Gasteiger partial charge in [0.1, 0.15) is 11.3 Å². The third-order valence-corrected chi connectivity index (χ3v) is 3.13. The fourth-order valence-corrected chi connectivity index (χ4v) is 2.22. The standard InChI is InChI=1S/C14H16BrNO4/c1-8(2)19-11-5-9(14(17)16(3)18-4)6-12-10(11)7-13(15)20-12/h5-8H,1-4H3. The Morgan fingerprint density at radius 1 is 1.35 bits per heavy atom. The third kappa shape index (κ3) is 2.96. The van der Waals surface area contributed by atoms with Gasteiger partial charge >= 0.3 is 0 Å². The van der Waals surface area contributed by atoms with Crippen LogP contribution < -0.4 is 4.74 Å². The maximum absolute atomic E-state index is 12.2. The van der Waals surface area contributed by atoms with Crippen molar-refractivity contribution in [2.24, 2.45) is 0 Å². The lowest BCUT2D eigenvalue weighted by molar-refractivity contribution is -0.0757. The average molecular weight is 342 g/mol. The molecule has 2 rings (SSSR count). The second-order valence-corrected chi connectivity index (χ2v) is 5.37. The van der Waals surface area contributed by atoms with Gasteiger partial charge in [0, 0.05) is 18.7 Å². The molecule has 6 heteroatoms. The summed E-state index contributed by atoms with van der Waals surface area (Å²) in [6, 6.07) is 5.19. The number of fused-ring (bicyclic) bond motifs is 1. The molecule has 1 aromatic carbocycles. The number of rotatable bonds is 4. The Labute approximate surface area is 125 Å². The van der Waals surface area contributed by atoms with Crippen molar-refractivity contribution in [3.8, 4) is 5.75 Å². The predicted octanol–water partition coefficient (Wildman–Crippen LogP) is 3.62. The molecule has 0 radical (unpaired) electrons. The SMILES string of the molecule is CON(C)C(=O)c1cc(OC(C)C)c2cc(Br)oc2c1. The van der Waals surface area contributed by atoms with Crippen molar-refractivity contribution in [3.05, 3.63) is 28.4 Å². The van der Waals surface area contributed by atoms with Crippen LogP contribution in [0.15, 0.2) is 27.3 Å². The molecule has 0 atom stereocenters. The molecule has 108 valence electrons. The zero-order chi connectivity index (χ0) is 14.9. The van der Waals surface area contributed by atoms with E-state index in [1.807, 2.05) is 19.9 Å². The minimum absolute atomic E-state index is 0.00242. The molecule has 0 aliphatic carbocycles. The van der Waals surface area contributed by atoms with Crippen molar-refractivity contribution < 1.29 is 18.8 Å². The molecule has 1 amide bonds. The number of amides is 1. The number of nitrogens with zero attached hydrogens (tertiary/aromatic N) is 1. The first-order chi connectivity index (χ1) is 9.42. The summed E-state index contributed by atoms with van der Waals surface area (Å²) in [5.41, 5.74) is 1.03. The van der Waals surface area contributed by atoms with Crippen molar-refractivity contribution in [2.45, 2.75) is 20.0 Å². The highest BCUT2D eigenvalue weighted by Crippen LogP contribution is 2.33. The fourth-order valence-electron chi connectivity index (χ4n) is 1.82. The summed E-state index contributed by atoms with van der Waals surface area (Å²) in [6.45, 7) is 3.85. The van der Waals surface area contributed by atoms with Gasteiger partial charge < -0.3 is 9.15 Å². The third-order valence-electron chi connectivity index (χ3n) is 2.74. The van der Waals surface area contributed by atoms with E-state index >= 15 is 0 Å². The van der Waals surface area contributed by atoms with Crippen LogP contribution in [0, 0.1) is 0 Å². The molecule has 1 aromatic heterocycles. The van der Waals surface area contributed by atoms with Crippen LogP contribution in [0.1, 0.15) is 24.2 Å². The van der Waals surface area contributed by atoms with Gasteiger partial charge in [-0.1, -0.05) is 0 Å². The van der Waals surface area contributed by atoms with E-state index < -0.39 is 0 Å². The largest absolute Gasteiger partial charge is 0.490 e. The lowest BCUT2D eigenvalue weighted by atomic mass is 10.1. The zero-order valence-corrected chi connectivity index (χ0v) is 13.4. The number of benzene rings is 1.